The molecule has 7 heteroatoms. The molecule has 1 aromatic carbocycles. The Morgan fingerprint density at radius 1 is 1.37 bits per heavy atom. The number of carbonyl (C=O) groups is 3. The topological polar surface area (TPSA) is 97.6 Å². The summed E-state index contributed by atoms with van der Waals surface area (Å²) in [5.74, 6) is -1.04. The van der Waals surface area contributed by atoms with Crippen LogP contribution < -0.4 is 4.90 Å². The summed E-state index contributed by atoms with van der Waals surface area (Å²) in [5, 5.41) is 10.7. The van der Waals surface area contributed by atoms with E-state index in [1.165, 1.54) is 24.0 Å². The first-order valence-electron chi connectivity index (χ1n) is 5.51. The second-order valence-corrected chi connectivity index (χ2v) is 4.21. The molecule has 1 amide bonds. The van der Waals surface area contributed by atoms with E-state index < -0.39 is 16.6 Å². The van der Waals surface area contributed by atoms with Gasteiger partial charge in [0.25, 0.3) is 5.69 Å². The van der Waals surface area contributed by atoms with Gasteiger partial charge in [0, 0.05) is 17.7 Å². The number of nitro groups is 1. The number of nitro benzene ring substituents is 1. The number of Topliss-reactive ketones (excluding diaryl/α,β-unsaturated/α-hetero) is 2. The molecule has 1 heterocycles. The maximum atomic E-state index is 11.6. The smallest absolute Gasteiger partial charge is 0.270 e. The summed E-state index contributed by atoms with van der Waals surface area (Å²) in [6.45, 7) is 1.15. The molecular formula is C12H10N2O5. The molecule has 0 saturated carbocycles. The SMILES string of the molecule is CC(=O)c1cc([N+](=O)[O-])ccc1N1CC(=O)CC1=O. The van der Waals surface area contributed by atoms with Crippen molar-refractivity contribution in [2.24, 2.45) is 0 Å². The number of benzene rings is 1. The number of hydrogen-bond donors (Lipinski definition) is 0. The maximum absolute atomic E-state index is 11.6. The molecular weight excluding hydrogens is 252 g/mol. The van der Waals surface area contributed by atoms with E-state index in [4.69, 9.17) is 0 Å². The molecule has 1 fully saturated rings. The summed E-state index contributed by atoms with van der Waals surface area (Å²) in [6.07, 6.45) is -0.200. The molecule has 0 bridgehead atoms. The number of carbonyl (C=O) groups excluding carboxylic acids is 3. The normalized spacial score (nSPS) is 14.9. The lowest BCUT2D eigenvalue weighted by Gasteiger charge is -2.17. The third kappa shape index (κ3) is 2.35. The van der Waals surface area contributed by atoms with Crippen LogP contribution in [0.1, 0.15) is 23.7 Å². The van der Waals surface area contributed by atoms with Crippen molar-refractivity contribution < 1.29 is 19.3 Å². The van der Waals surface area contributed by atoms with Gasteiger partial charge >= 0.3 is 0 Å². The van der Waals surface area contributed by atoms with Crippen molar-refractivity contribution >= 4 is 28.8 Å². The first kappa shape index (κ1) is 12.9. The number of amides is 1. The zero-order chi connectivity index (χ0) is 14.2. The predicted octanol–water partition coefficient (Wildman–Crippen LogP) is 1.10. The van der Waals surface area contributed by atoms with E-state index in [2.05, 4.69) is 0 Å². The van der Waals surface area contributed by atoms with E-state index in [1.54, 1.807) is 0 Å². The van der Waals surface area contributed by atoms with Crippen LogP contribution in [0.5, 0.6) is 0 Å². The Hall–Kier alpha value is -2.57. The van der Waals surface area contributed by atoms with Crippen LogP contribution in [-0.2, 0) is 9.59 Å². The minimum Gasteiger partial charge on any atom is -0.304 e. The van der Waals surface area contributed by atoms with Crippen molar-refractivity contribution in [1.29, 1.82) is 0 Å². The minimum atomic E-state index is -0.618. The molecule has 19 heavy (non-hydrogen) atoms. The summed E-state index contributed by atoms with van der Waals surface area (Å²) in [4.78, 5) is 45.7. The Morgan fingerprint density at radius 3 is 2.53 bits per heavy atom. The van der Waals surface area contributed by atoms with E-state index in [1.807, 2.05) is 0 Å². The third-order valence-electron chi connectivity index (χ3n) is 2.84. The van der Waals surface area contributed by atoms with E-state index in [-0.39, 0.29) is 35.7 Å². The van der Waals surface area contributed by atoms with Gasteiger partial charge in [0.15, 0.2) is 11.6 Å². The number of nitrogens with zero attached hydrogens (tertiary/aromatic N) is 2. The van der Waals surface area contributed by atoms with Gasteiger partial charge in [0.2, 0.25) is 5.91 Å². The fraction of sp³-hybridized carbons (Fsp3) is 0.250. The molecule has 0 N–H and O–H groups in total. The van der Waals surface area contributed by atoms with E-state index in [9.17, 15) is 24.5 Å². The minimum absolute atomic E-state index is 0.0669. The molecule has 1 saturated heterocycles. The fourth-order valence-electron chi connectivity index (χ4n) is 1.96. The van der Waals surface area contributed by atoms with Crippen molar-refractivity contribution in [3.05, 3.63) is 33.9 Å². The Morgan fingerprint density at radius 2 is 2.05 bits per heavy atom. The Kier molecular flexibility index (Phi) is 3.12. The predicted molar refractivity (Wildman–Crippen MR) is 65.1 cm³/mol. The monoisotopic (exact) mass is 262 g/mol. The molecule has 2 rings (SSSR count). The molecule has 0 aliphatic carbocycles. The van der Waals surface area contributed by atoms with Gasteiger partial charge in [-0.1, -0.05) is 0 Å². The number of non-ortho nitro benzene ring substituents is 1. The molecule has 0 aromatic heterocycles. The first-order chi connectivity index (χ1) is 8.90. The van der Waals surface area contributed by atoms with E-state index >= 15 is 0 Å². The van der Waals surface area contributed by atoms with Gasteiger partial charge in [-0.3, -0.25) is 24.5 Å². The Bertz CT molecular complexity index is 608. The van der Waals surface area contributed by atoms with Crippen LogP contribution in [0.3, 0.4) is 0 Å². The highest BCUT2D eigenvalue weighted by Crippen LogP contribution is 2.28. The lowest BCUT2D eigenvalue weighted by Crippen LogP contribution is -2.26. The van der Waals surface area contributed by atoms with Crippen molar-refractivity contribution in [1.82, 2.24) is 0 Å². The van der Waals surface area contributed by atoms with Crippen molar-refractivity contribution in [2.45, 2.75) is 13.3 Å². The van der Waals surface area contributed by atoms with Gasteiger partial charge in [0.1, 0.15) is 0 Å². The van der Waals surface area contributed by atoms with Gasteiger partial charge < -0.3 is 4.90 Å². The Labute approximate surface area is 108 Å². The van der Waals surface area contributed by atoms with Crippen LogP contribution in [0.2, 0.25) is 0 Å². The zero-order valence-electron chi connectivity index (χ0n) is 10.1. The summed E-state index contributed by atoms with van der Waals surface area (Å²) >= 11 is 0. The average molecular weight is 262 g/mol. The molecule has 0 unspecified atom stereocenters. The van der Waals surface area contributed by atoms with E-state index in [0.29, 0.717) is 0 Å². The standard InChI is InChI=1S/C12H10N2O5/c1-7(15)10-4-8(14(18)19)2-3-11(10)13-6-9(16)5-12(13)17/h2-4H,5-6H2,1H3. The molecule has 0 radical (unpaired) electrons. The highest BCUT2D eigenvalue weighted by Gasteiger charge is 2.31. The Balaban J connectivity index is 2.51. The maximum Gasteiger partial charge on any atom is 0.270 e. The largest absolute Gasteiger partial charge is 0.304 e. The molecule has 0 atom stereocenters. The van der Waals surface area contributed by atoms with Gasteiger partial charge in [-0.2, -0.15) is 0 Å². The lowest BCUT2D eigenvalue weighted by atomic mass is 10.1. The van der Waals surface area contributed by atoms with Crippen molar-refractivity contribution in [3.63, 3.8) is 0 Å². The first-order valence-corrected chi connectivity index (χ1v) is 5.51. The third-order valence-corrected chi connectivity index (χ3v) is 2.84. The highest BCUT2D eigenvalue weighted by molar-refractivity contribution is 6.17. The van der Waals surface area contributed by atoms with Crippen molar-refractivity contribution in [2.75, 3.05) is 11.4 Å². The van der Waals surface area contributed by atoms with Crippen LogP contribution in [0.4, 0.5) is 11.4 Å². The average Bonchev–Trinajstić information content (AvgIpc) is 2.67. The fourth-order valence-corrected chi connectivity index (χ4v) is 1.96. The van der Waals surface area contributed by atoms with Crippen LogP contribution >= 0.6 is 0 Å². The van der Waals surface area contributed by atoms with Gasteiger partial charge in [-0.25, -0.2) is 0 Å². The van der Waals surface area contributed by atoms with Gasteiger partial charge in [-0.05, 0) is 13.0 Å². The van der Waals surface area contributed by atoms with E-state index in [0.717, 1.165) is 6.07 Å². The molecule has 1 aromatic rings. The lowest BCUT2D eigenvalue weighted by molar-refractivity contribution is -0.384. The zero-order valence-corrected chi connectivity index (χ0v) is 10.1. The summed E-state index contributed by atoms with van der Waals surface area (Å²) in [7, 11) is 0. The molecule has 1 aliphatic heterocycles. The molecule has 1 aliphatic rings. The molecule has 98 valence electrons. The quantitative estimate of drug-likeness (QED) is 0.351. The van der Waals surface area contributed by atoms with Crippen LogP contribution in [-0.4, -0.2) is 28.9 Å². The van der Waals surface area contributed by atoms with Crippen molar-refractivity contribution in [3.8, 4) is 0 Å². The molecule has 7 nitrogen and oxygen atoms in total. The number of anilines is 1. The van der Waals surface area contributed by atoms with Crippen LogP contribution in [0, 0.1) is 10.1 Å². The summed E-state index contributed by atoms with van der Waals surface area (Å²) < 4.78 is 0. The van der Waals surface area contributed by atoms with Crippen LogP contribution in [0.15, 0.2) is 18.2 Å². The van der Waals surface area contributed by atoms with Gasteiger partial charge in [0.05, 0.1) is 23.6 Å². The summed E-state index contributed by atoms with van der Waals surface area (Å²) in [6, 6.07) is 3.65. The summed E-state index contributed by atoms with van der Waals surface area (Å²) in [5.41, 5.74) is 0.0816. The van der Waals surface area contributed by atoms with Gasteiger partial charge in [-0.15, -0.1) is 0 Å². The second-order valence-electron chi connectivity index (χ2n) is 4.21. The second kappa shape index (κ2) is 4.60. The number of hydrogen-bond acceptors (Lipinski definition) is 5. The van der Waals surface area contributed by atoms with Crippen LogP contribution in [0.25, 0.3) is 0 Å². The molecule has 0 spiro atoms. The highest BCUT2D eigenvalue weighted by atomic mass is 16.6. The number of rotatable bonds is 3. The number of ketones is 2.